The van der Waals surface area contributed by atoms with Gasteiger partial charge >= 0.3 is 0 Å². The van der Waals surface area contributed by atoms with Crippen molar-refractivity contribution in [1.29, 1.82) is 0 Å². The van der Waals surface area contributed by atoms with Crippen LogP contribution in [0.25, 0.3) is 0 Å². The molecule has 0 aromatic heterocycles. The molecule has 2 atom stereocenters. The SMILES string of the molecule is CO[C@]1(C)C[C@@H](O)C1(C)C. The second kappa shape index (κ2) is 1.95. The van der Waals surface area contributed by atoms with E-state index in [0.717, 1.165) is 6.42 Å². The third-order valence-electron chi connectivity index (χ3n) is 3.23. The van der Waals surface area contributed by atoms with E-state index in [1.54, 1.807) is 7.11 Å². The molecule has 10 heavy (non-hydrogen) atoms. The van der Waals surface area contributed by atoms with Crippen LogP contribution < -0.4 is 0 Å². The average molecular weight is 144 g/mol. The zero-order chi connectivity index (χ0) is 7.99. The van der Waals surface area contributed by atoms with Gasteiger partial charge in [0, 0.05) is 18.9 Å². The second-order valence-electron chi connectivity index (χ2n) is 3.88. The lowest BCUT2D eigenvalue weighted by Crippen LogP contribution is -2.63. The molecule has 1 saturated carbocycles. The van der Waals surface area contributed by atoms with Gasteiger partial charge in [0.05, 0.1) is 11.7 Å². The maximum absolute atomic E-state index is 9.36. The van der Waals surface area contributed by atoms with Crippen LogP contribution in [0.15, 0.2) is 0 Å². The van der Waals surface area contributed by atoms with Gasteiger partial charge in [0.2, 0.25) is 0 Å². The smallest absolute Gasteiger partial charge is 0.0750 e. The monoisotopic (exact) mass is 144 g/mol. The molecule has 0 unspecified atom stereocenters. The van der Waals surface area contributed by atoms with Crippen molar-refractivity contribution in [2.45, 2.75) is 38.9 Å². The first-order chi connectivity index (χ1) is 4.44. The maximum atomic E-state index is 9.36. The normalized spacial score (nSPS) is 44.7. The third-order valence-corrected chi connectivity index (χ3v) is 3.23. The molecular formula is C8H16O2. The molecule has 0 heterocycles. The standard InChI is InChI=1S/C8H16O2/c1-7(2)6(9)5-8(7,3)10-4/h6,9H,5H2,1-4H3/t6-,8-/m1/s1. The van der Waals surface area contributed by atoms with Crippen LogP contribution >= 0.6 is 0 Å². The van der Waals surface area contributed by atoms with Crippen LogP contribution in [0.3, 0.4) is 0 Å². The van der Waals surface area contributed by atoms with Gasteiger partial charge in [0.15, 0.2) is 0 Å². The van der Waals surface area contributed by atoms with E-state index in [2.05, 4.69) is 0 Å². The predicted molar refractivity (Wildman–Crippen MR) is 39.8 cm³/mol. The van der Waals surface area contributed by atoms with Crippen LogP contribution in [0.4, 0.5) is 0 Å². The van der Waals surface area contributed by atoms with Crippen molar-refractivity contribution >= 4 is 0 Å². The lowest BCUT2D eigenvalue weighted by Gasteiger charge is -2.56. The molecule has 0 aliphatic heterocycles. The minimum absolute atomic E-state index is 0.0816. The Morgan fingerprint density at radius 1 is 1.40 bits per heavy atom. The highest BCUT2D eigenvalue weighted by Crippen LogP contribution is 2.51. The summed E-state index contributed by atoms with van der Waals surface area (Å²) < 4.78 is 5.30. The van der Waals surface area contributed by atoms with Crippen LogP contribution in [0.2, 0.25) is 0 Å². The van der Waals surface area contributed by atoms with E-state index in [1.807, 2.05) is 20.8 Å². The van der Waals surface area contributed by atoms with E-state index in [-0.39, 0.29) is 17.1 Å². The lowest BCUT2D eigenvalue weighted by molar-refractivity contribution is -0.229. The van der Waals surface area contributed by atoms with Crippen molar-refractivity contribution in [3.63, 3.8) is 0 Å². The van der Waals surface area contributed by atoms with Crippen molar-refractivity contribution in [1.82, 2.24) is 0 Å². The summed E-state index contributed by atoms with van der Waals surface area (Å²) in [5.41, 5.74) is -0.200. The lowest BCUT2D eigenvalue weighted by atomic mass is 9.57. The van der Waals surface area contributed by atoms with Gasteiger partial charge in [-0.1, -0.05) is 13.8 Å². The van der Waals surface area contributed by atoms with Crippen molar-refractivity contribution in [3.8, 4) is 0 Å². The Kier molecular flexibility index (Phi) is 1.57. The molecule has 0 aromatic carbocycles. The summed E-state index contributed by atoms with van der Waals surface area (Å²) in [6.07, 6.45) is 0.564. The Labute approximate surface area is 62.2 Å². The van der Waals surface area contributed by atoms with E-state index in [9.17, 15) is 5.11 Å². The Morgan fingerprint density at radius 3 is 2.00 bits per heavy atom. The van der Waals surface area contributed by atoms with Gasteiger partial charge in [-0.3, -0.25) is 0 Å². The van der Waals surface area contributed by atoms with Crippen LogP contribution in [0.5, 0.6) is 0 Å². The Bertz CT molecular complexity index is 139. The number of aliphatic hydroxyl groups excluding tert-OH is 1. The number of hydrogen-bond acceptors (Lipinski definition) is 2. The predicted octanol–water partition coefficient (Wildman–Crippen LogP) is 1.18. The summed E-state index contributed by atoms with van der Waals surface area (Å²) in [7, 11) is 1.70. The van der Waals surface area contributed by atoms with E-state index < -0.39 is 0 Å². The molecule has 1 N–H and O–H groups in total. The summed E-state index contributed by atoms with van der Waals surface area (Å²) in [4.78, 5) is 0. The molecule has 1 fully saturated rings. The van der Waals surface area contributed by atoms with Gasteiger partial charge in [-0.25, -0.2) is 0 Å². The van der Waals surface area contributed by atoms with E-state index in [0.29, 0.717) is 0 Å². The highest BCUT2D eigenvalue weighted by atomic mass is 16.5. The second-order valence-corrected chi connectivity index (χ2v) is 3.88. The molecule has 0 radical (unpaired) electrons. The molecule has 60 valence electrons. The Balaban J connectivity index is 2.70. The highest BCUT2D eigenvalue weighted by Gasteiger charge is 2.57. The Morgan fingerprint density at radius 2 is 1.90 bits per heavy atom. The highest BCUT2D eigenvalue weighted by molar-refractivity contribution is 5.07. The first kappa shape index (κ1) is 8.02. The molecule has 1 rings (SSSR count). The van der Waals surface area contributed by atoms with Crippen LogP contribution in [-0.4, -0.2) is 23.9 Å². The van der Waals surface area contributed by atoms with Gasteiger partial charge in [-0.05, 0) is 6.92 Å². The summed E-state index contributed by atoms with van der Waals surface area (Å²) in [6, 6.07) is 0. The number of ether oxygens (including phenoxy) is 1. The number of hydrogen-bond donors (Lipinski definition) is 1. The molecule has 1 aliphatic carbocycles. The van der Waals surface area contributed by atoms with E-state index >= 15 is 0 Å². The fraction of sp³-hybridized carbons (Fsp3) is 1.00. The quantitative estimate of drug-likeness (QED) is 0.599. The Hall–Kier alpha value is -0.0800. The molecule has 1 aliphatic rings. The van der Waals surface area contributed by atoms with Gasteiger partial charge < -0.3 is 9.84 Å². The summed E-state index contributed by atoms with van der Waals surface area (Å²) in [5, 5.41) is 9.36. The minimum atomic E-state index is -0.197. The van der Waals surface area contributed by atoms with Crippen molar-refractivity contribution in [2.24, 2.45) is 5.41 Å². The van der Waals surface area contributed by atoms with Gasteiger partial charge in [-0.2, -0.15) is 0 Å². The van der Waals surface area contributed by atoms with Gasteiger partial charge in [-0.15, -0.1) is 0 Å². The van der Waals surface area contributed by atoms with Gasteiger partial charge in [0.1, 0.15) is 0 Å². The zero-order valence-corrected chi connectivity index (χ0v) is 7.14. The number of aliphatic hydroxyl groups is 1. The molecule has 0 bridgehead atoms. The molecule has 2 nitrogen and oxygen atoms in total. The van der Waals surface area contributed by atoms with Crippen molar-refractivity contribution in [2.75, 3.05) is 7.11 Å². The summed E-state index contributed by atoms with van der Waals surface area (Å²) in [5.74, 6) is 0. The van der Waals surface area contributed by atoms with Crippen molar-refractivity contribution < 1.29 is 9.84 Å². The van der Waals surface area contributed by atoms with Crippen molar-refractivity contribution in [3.05, 3.63) is 0 Å². The first-order valence-corrected chi connectivity index (χ1v) is 3.67. The summed E-state index contributed by atoms with van der Waals surface area (Å²) >= 11 is 0. The average Bonchev–Trinajstić information content (AvgIpc) is 1.88. The van der Waals surface area contributed by atoms with Gasteiger partial charge in [0.25, 0.3) is 0 Å². The topological polar surface area (TPSA) is 29.5 Å². The fourth-order valence-corrected chi connectivity index (χ4v) is 1.45. The third kappa shape index (κ3) is 0.722. The molecule has 0 spiro atoms. The molecule has 0 aromatic rings. The number of methoxy groups -OCH3 is 1. The molecule has 2 heteroatoms. The minimum Gasteiger partial charge on any atom is -0.392 e. The number of rotatable bonds is 1. The molecule has 0 saturated heterocycles. The van der Waals surface area contributed by atoms with Crippen LogP contribution in [-0.2, 0) is 4.74 Å². The van der Waals surface area contributed by atoms with E-state index in [4.69, 9.17) is 4.74 Å². The summed E-state index contributed by atoms with van der Waals surface area (Å²) in [6.45, 7) is 6.11. The molecule has 0 amide bonds. The van der Waals surface area contributed by atoms with Crippen LogP contribution in [0.1, 0.15) is 27.2 Å². The zero-order valence-electron chi connectivity index (χ0n) is 7.14. The maximum Gasteiger partial charge on any atom is 0.0750 e. The largest absolute Gasteiger partial charge is 0.392 e. The fourth-order valence-electron chi connectivity index (χ4n) is 1.45. The first-order valence-electron chi connectivity index (χ1n) is 3.67. The molecular weight excluding hydrogens is 128 g/mol. The van der Waals surface area contributed by atoms with Crippen LogP contribution in [0, 0.1) is 5.41 Å². The van der Waals surface area contributed by atoms with E-state index in [1.165, 1.54) is 0 Å².